The number of unbranched alkanes of at least 4 members (excludes halogenated alkanes) is 2. The molecule has 0 saturated carbocycles. The Bertz CT molecular complexity index is 332. The molecular weight excluding hydrogens is 433 g/mol. The van der Waals surface area contributed by atoms with Crippen LogP contribution in [-0.4, -0.2) is 12.6 Å². The molecular formula is C12H16Br2O2SZn-. The van der Waals surface area contributed by atoms with Gasteiger partial charge in [-0.3, -0.25) is 4.79 Å². The predicted molar refractivity (Wildman–Crippen MR) is 69.7 cm³/mol. The molecule has 1 heterocycles. The Kier molecular flexibility index (Phi) is 14.9. The first-order valence-electron chi connectivity index (χ1n) is 5.54. The van der Waals surface area contributed by atoms with E-state index in [1.807, 2.05) is 13.0 Å². The molecule has 0 aliphatic heterocycles. The Hall–Kier alpha value is 0.753. The van der Waals surface area contributed by atoms with Crippen LogP contribution in [-0.2, 0) is 35.4 Å². The second-order valence-electron chi connectivity index (χ2n) is 3.53. The average molecular weight is 450 g/mol. The zero-order valence-corrected chi connectivity index (χ0v) is 17.5. The number of halogens is 2. The van der Waals surface area contributed by atoms with Crippen molar-refractivity contribution in [3.8, 4) is 0 Å². The molecule has 0 aliphatic carbocycles. The van der Waals surface area contributed by atoms with Gasteiger partial charge in [-0.15, -0.1) is 11.3 Å². The quantitative estimate of drug-likeness (QED) is 0.353. The minimum Gasteiger partial charge on any atom is -1.00 e. The van der Waals surface area contributed by atoms with Gasteiger partial charge in [0.1, 0.15) is 0 Å². The molecule has 1 radical (unpaired) electrons. The summed E-state index contributed by atoms with van der Waals surface area (Å²) in [5.74, 6) is -0.0763. The zero-order chi connectivity index (χ0) is 11.8. The minimum atomic E-state index is -0.0763. The molecule has 99 valence electrons. The maximum absolute atomic E-state index is 11.1. The van der Waals surface area contributed by atoms with Gasteiger partial charge in [0.25, 0.3) is 0 Å². The molecule has 0 fully saturated rings. The maximum Gasteiger partial charge on any atom is 0.305 e. The molecule has 1 aromatic heterocycles. The number of ether oxygens (including phenoxy) is 1. The molecule has 6 heteroatoms. The van der Waals surface area contributed by atoms with E-state index in [0.29, 0.717) is 13.0 Å². The second kappa shape index (κ2) is 12.8. The number of carbonyl (C=O) groups is 1. The van der Waals surface area contributed by atoms with E-state index < -0.39 is 0 Å². The first-order valence-corrected chi connectivity index (χ1v) is 7.15. The summed E-state index contributed by atoms with van der Waals surface area (Å²) in [6.45, 7) is 2.32. The van der Waals surface area contributed by atoms with Gasteiger partial charge in [-0.1, -0.05) is 6.42 Å². The largest absolute Gasteiger partial charge is 1.00 e. The van der Waals surface area contributed by atoms with Crippen LogP contribution in [0.3, 0.4) is 0 Å². The summed E-state index contributed by atoms with van der Waals surface area (Å²) in [5.41, 5.74) is 1.32. The fraction of sp³-hybridized carbons (Fsp3) is 0.583. The van der Waals surface area contributed by atoms with Crippen LogP contribution in [0.25, 0.3) is 0 Å². The topological polar surface area (TPSA) is 26.3 Å². The Morgan fingerprint density at radius 2 is 2.17 bits per heavy atom. The maximum atomic E-state index is 11.1. The molecule has 1 aromatic rings. The summed E-state index contributed by atoms with van der Waals surface area (Å²) >= 11 is 5.09. The summed E-state index contributed by atoms with van der Waals surface area (Å²) in [6.07, 6.45) is 4.71. The number of rotatable bonds is 7. The van der Waals surface area contributed by atoms with E-state index in [1.54, 1.807) is 11.3 Å². The summed E-state index contributed by atoms with van der Waals surface area (Å²) in [6, 6.07) is 2.03. The average Bonchev–Trinajstić information content (AvgIpc) is 2.64. The number of aryl methyl sites for hydroxylation is 1. The van der Waals surface area contributed by atoms with Gasteiger partial charge < -0.3 is 21.7 Å². The predicted octanol–water partition coefficient (Wildman–Crippen LogP) is 0.978. The molecule has 0 aliphatic rings. The second-order valence-corrected chi connectivity index (χ2v) is 5.69. The van der Waals surface area contributed by atoms with Crippen molar-refractivity contribution in [1.82, 2.24) is 0 Å². The molecule has 0 spiro atoms. The summed E-state index contributed by atoms with van der Waals surface area (Å²) in [4.78, 5) is 11.1. The van der Waals surface area contributed by atoms with Crippen molar-refractivity contribution in [2.24, 2.45) is 0 Å². The summed E-state index contributed by atoms with van der Waals surface area (Å²) in [5, 5.41) is 3.09. The van der Waals surface area contributed by atoms with E-state index in [4.69, 9.17) is 4.74 Å². The molecule has 0 unspecified atom stereocenters. The minimum absolute atomic E-state index is 0. The third-order valence-corrected chi connectivity index (χ3v) is 3.94. The molecule has 0 atom stereocenters. The van der Waals surface area contributed by atoms with Crippen LogP contribution in [0.5, 0.6) is 0 Å². The smallest absolute Gasteiger partial charge is 0.305 e. The van der Waals surface area contributed by atoms with Crippen molar-refractivity contribution >= 4 is 33.2 Å². The zero-order valence-electron chi connectivity index (χ0n) is 10.5. The van der Waals surface area contributed by atoms with Gasteiger partial charge >= 0.3 is 5.97 Å². The number of thiophene rings is 1. The SMILES string of the molecule is CCOC(=O)CCCCCc1c[c]sc1Br.[Br-].[Zn]. The van der Waals surface area contributed by atoms with Gasteiger partial charge in [-0.25, -0.2) is 0 Å². The van der Waals surface area contributed by atoms with Crippen molar-refractivity contribution in [2.75, 3.05) is 6.61 Å². The van der Waals surface area contributed by atoms with Crippen LogP contribution < -0.4 is 17.0 Å². The van der Waals surface area contributed by atoms with Crippen LogP contribution in [0.2, 0.25) is 0 Å². The van der Waals surface area contributed by atoms with Crippen LogP contribution in [0.1, 0.15) is 38.2 Å². The van der Waals surface area contributed by atoms with E-state index >= 15 is 0 Å². The van der Waals surface area contributed by atoms with E-state index in [1.165, 1.54) is 9.35 Å². The monoisotopic (exact) mass is 446 g/mol. The number of hydrogen-bond acceptors (Lipinski definition) is 3. The summed E-state index contributed by atoms with van der Waals surface area (Å²) < 4.78 is 6.04. The third-order valence-electron chi connectivity index (χ3n) is 2.27. The Morgan fingerprint density at radius 1 is 1.44 bits per heavy atom. The van der Waals surface area contributed by atoms with Crippen molar-refractivity contribution in [3.63, 3.8) is 0 Å². The molecule has 0 bridgehead atoms. The molecule has 18 heavy (non-hydrogen) atoms. The van der Waals surface area contributed by atoms with Crippen molar-refractivity contribution in [3.05, 3.63) is 20.8 Å². The van der Waals surface area contributed by atoms with Gasteiger partial charge in [-0.2, -0.15) is 0 Å². The number of esters is 1. The first kappa shape index (κ1) is 21.1. The molecule has 2 nitrogen and oxygen atoms in total. The van der Waals surface area contributed by atoms with Crippen molar-refractivity contribution < 1.29 is 46.0 Å². The van der Waals surface area contributed by atoms with Gasteiger partial charge in [0, 0.05) is 31.3 Å². The number of carbonyl (C=O) groups excluding carboxylic acids is 1. The van der Waals surface area contributed by atoms with E-state index in [9.17, 15) is 4.79 Å². The van der Waals surface area contributed by atoms with Crippen LogP contribution in [0.4, 0.5) is 0 Å². The molecule has 0 N–H and O–H groups in total. The molecule has 1 rings (SSSR count). The van der Waals surface area contributed by atoms with Crippen molar-refractivity contribution in [1.29, 1.82) is 0 Å². The van der Waals surface area contributed by atoms with Crippen molar-refractivity contribution in [2.45, 2.75) is 39.0 Å². The van der Waals surface area contributed by atoms with E-state index in [-0.39, 0.29) is 42.4 Å². The molecule has 0 aromatic carbocycles. The number of hydrogen-bond donors (Lipinski definition) is 0. The van der Waals surface area contributed by atoms with Gasteiger partial charge in [0.05, 0.1) is 10.4 Å². The van der Waals surface area contributed by atoms with Gasteiger partial charge in [0.2, 0.25) is 0 Å². The fourth-order valence-corrected chi connectivity index (χ4v) is 2.63. The van der Waals surface area contributed by atoms with Crippen LogP contribution in [0.15, 0.2) is 9.85 Å². The summed E-state index contributed by atoms with van der Waals surface area (Å²) in [7, 11) is 0. The molecule has 0 amide bonds. The Morgan fingerprint density at radius 3 is 2.72 bits per heavy atom. The van der Waals surface area contributed by atoms with Crippen LogP contribution >= 0.6 is 27.3 Å². The fourth-order valence-electron chi connectivity index (χ4n) is 1.44. The Labute approximate surface area is 145 Å². The Balaban J connectivity index is 0. The van der Waals surface area contributed by atoms with Gasteiger partial charge in [-0.05, 0) is 53.7 Å². The van der Waals surface area contributed by atoms with Gasteiger partial charge in [0.15, 0.2) is 0 Å². The normalized spacial score (nSPS) is 9.22. The van der Waals surface area contributed by atoms with E-state index in [2.05, 4.69) is 21.3 Å². The first-order chi connectivity index (χ1) is 7.74. The molecule has 0 saturated heterocycles. The van der Waals surface area contributed by atoms with Crippen LogP contribution in [0, 0.1) is 5.38 Å². The third kappa shape index (κ3) is 8.79. The van der Waals surface area contributed by atoms with E-state index in [0.717, 1.165) is 25.7 Å². The standard InChI is InChI=1S/C12H16BrO2S.BrH.Zn/c1-2-15-11(14)7-5-3-4-6-10-8-9-16-12(10)13;;/h8H,2-7H2,1H3;1H;/p-1.